The normalized spacial score (nSPS) is 13.4. The summed E-state index contributed by atoms with van der Waals surface area (Å²) in [5, 5.41) is 16.9. The second-order valence-corrected chi connectivity index (χ2v) is 4.31. The van der Waals surface area contributed by atoms with E-state index in [1.165, 1.54) is 0 Å². The molecule has 2 aromatic heterocycles. The summed E-state index contributed by atoms with van der Waals surface area (Å²) in [7, 11) is 3.42. The minimum Gasteiger partial charge on any atom is -0.496 e. The zero-order valence-corrected chi connectivity index (χ0v) is 11.0. The minimum atomic E-state index is -0.431. The van der Waals surface area contributed by atoms with Crippen LogP contribution in [0.2, 0.25) is 0 Å². The zero-order chi connectivity index (χ0) is 14.1. The monoisotopic (exact) mass is 266 g/mol. The van der Waals surface area contributed by atoms with E-state index >= 15 is 0 Å². The quantitative estimate of drug-likeness (QED) is 0.835. The number of aromatic nitrogens is 3. The number of nitrogens with zero attached hydrogens (tertiary/aromatic N) is 5. The highest BCUT2D eigenvalue weighted by molar-refractivity contribution is 6.73. The van der Waals surface area contributed by atoms with Crippen LogP contribution in [0.4, 0.5) is 5.82 Å². The first kappa shape index (κ1) is 12.2. The summed E-state index contributed by atoms with van der Waals surface area (Å²) in [6.07, 6.45) is 3.34. The molecule has 1 aliphatic rings. The lowest BCUT2D eigenvalue weighted by molar-refractivity contribution is 0.419. The minimum absolute atomic E-state index is 0.431. The van der Waals surface area contributed by atoms with Crippen LogP contribution in [0.25, 0.3) is 11.0 Å². The Morgan fingerprint density at radius 3 is 3.05 bits per heavy atom. The van der Waals surface area contributed by atoms with Crippen LogP contribution in [-0.4, -0.2) is 34.9 Å². The number of anilines is 1. The van der Waals surface area contributed by atoms with Gasteiger partial charge in [-0.15, -0.1) is 0 Å². The predicted molar refractivity (Wildman–Crippen MR) is 76.6 cm³/mol. The van der Waals surface area contributed by atoms with E-state index in [1.54, 1.807) is 36.2 Å². The Bertz CT molecular complexity index is 772. The summed E-state index contributed by atoms with van der Waals surface area (Å²) in [4.78, 5) is 8.51. The van der Waals surface area contributed by atoms with Crippen molar-refractivity contribution in [2.75, 3.05) is 12.4 Å². The third-order valence-corrected chi connectivity index (χ3v) is 3.00. The van der Waals surface area contributed by atoms with Gasteiger partial charge in [-0.25, -0.2) is 10.2 Å². The van der Waals surface area contributed by atoms with Crippen LogP contribution < -0.4 is 10.1 Å². The number of fused-ring (bicyclic) bond motifs is 1. The van der Waals surface area contributed by atoms with Crippen LogP contribution in [0.1, 0.15) is 0 Å². The zero-order valence-electron chi connectivity index (χ0n) is 11.0. The molecule has 3 rings (SSSR count). The summed E-state index contributed by atoms with van der Waals surface area (Å²) in [5.74, 6) is 5.11. The molecule has 2 aromatic rings. The summed E-state index contributed by atoms with van der Waals surface area (Å²) >= 11 is 0. The van der Waals surface area contributed by atoms with Gasteiger partial charge in [-0.3, -0.25) is 4.68 Å². The number of allylic oxidation sites excluding steroid dienone is 1. The van der Waals surface area contributed by atoms with Gasteiger partial charge in [0.05, 0.1) is 18.7 Å². The maximum atomic E-state index is 8.80. The predicted octanol–water partition coefficient (Wildman–Crippen LogP) is 0.951. The Morgan fingerprint density at radius 1 is 1.50 bits per heavy atom. The number of hydrogen-bond donors (Lipinski definition) is 1. The third kappa shape index (κ3) is 1.99. The molecule has 1 N–H and O–H groups in total. The fraction of sp³-hybridized carbons (Fsp3) is 0.167. The number of nitrogens with one attached hydrogen (secondary N) is 1. The van der Waals surface area contributed by atoms with E-state index < -0.39 is 6.85 Å². The molecule has 0 fully saturated rings. The number of methoxy groups -OCH3 is 1. The van der Waals surface area contributed by atoms with Crippen LogP contribution in [-0.2, 0) is 7.05 Å². The van der Waals surface area contributed by atoms with Crippen LogP contribution >= 0.6 is 0 Å². The van der Waals surface area contributed by atoms with Crippen LogP contribution in [0.3, 0.4) is 0 Å². The van der Waals surface area contributed by atoms with Crippen LogP contribution in [0, 0.1) is 11.2 Å². The van der Waals surface area contributed by atoms with Crippen molar-refractivity contribution in [1.29, 1.82) is 5.26 Å². The Kier molecular flexibility index (Phi) is 2.87. The van der Waals surface area contributed by atoms with E-state index in [9.17, 15) is 0 Å². The SMILES string of the molecule is COc1cc(NC2=CB(C#N)N=C2)nc2c1cnn2C. The van der Waals surface area contributed by atoms with Crippen molar-refractivity contribution in [3.63, 3.8) is 0 Å². The molecule has 98 valence electrons. The van der Waals surface area contributed by atoms with Crippen molar-refractivity contribution in [1.82, 2.24) is 14.8 Å². The van der Waals surface area contributed by atoms with Gasteiger partial charge in [0.25, 0.3) is 0 Å². The molecule has 0 amide bonds. The average Bonchev–Trinajstić information content (AvgIpc) is 3.06. The van der Waals surface area contributed by atoms with Gasteiger partial charge in [0.2, 0.25) is 0 Å². The number of aryl methyl sites for hydroxylation is 1. The second kappa shape index (κ2) is 4.70. The Labute approximate surface area is 115 Å². The molecule has 1 aliphatic heterocycles. The Hall–Kier alpha value is -2.82. The lowest BCUT2D eigenvalue weighted by Gasteiger charge is -2.08. The first-order chi connectivity index (χ1) is 9.71. The molecule has 0 atom stereocenters. The van der Waals surface area contributed by atoms with Crippen molar-refractivity contribution >= 4 is 29.9 Å². The fourth-order valence-corrected chi connectivity index (χ4v) is 2.03. The number of nitriles is 1. The van der Waals surface area contributed by atoms with E-state index in [0.717, 1.165) is 16.7 Å². The highest BCUT2D eigenvalue weighted by atomic mass is 16.5. The molecule has 0 saturated carbocycles. The maximum Gasteiger partial charge on any atom is 0.423 e. The smallest absolute Gasteiger partial charge is 0.423 e. The summed E-state index contributed by atoms with van der Waals surface area (Å²) in [6, 6.07) is 1.79. The standard InChI is InChI=1S/C12H11BN6O/c1-19-12-9(6-16-19)10(20-2)3-11(18-12)17-8-4-13(7-14)15-5-8/h3-6H,1-2H3,(H,17,18). The number of ether oxygens (including phenoxy) is 1. The first-order valence-electron chi connectivity index (χ1n) is 5.99. The second-order valence-electron chi connectivity index (χ2n) is 4.31. The van der Waals surface area contributed by atoms with E-state index in [-0.39, 0.29) is 0 Å². The molecule has 8 heteroatoms. The van der Waals surface area contributed by atoms with Gasteiger partial charge < -0.3 is 15.0 Å². The Morgan fingerprint density at radius 2 is 2.35 bits per heavy atom. The lowest BCUT2D eigenvalue weighted by Crippen LogP contribution is -2.04. The molecule has 0 unspecified atom stereocenters. The van der Waals surface area contributed by atoms with Gasteiger partial charge in [0.15, 0.2) is 5.65 Å². The highest BCUT2D eigenvalue weighted by Gasteiger charge is 2.16. The van der Waals surface area contributed by atoms with E-state index in [2.05, 4.69) is 26.3 Å². The first-order valence-corrected chi connectivity index (χ1v) is 5.99. The topological polar surface area (TPSA) is 88.1 Å². The van der Waals surface area contributed by atoms with Crippen molar-refractivity contribution in [2.24, 2.45) is 12.0 Å². The molecule has 7 nitrogen and oxygen atoms in total. The number of rotatable bonds is 3. The van der Waals surface area contributed by atoms with Crippen molar-refractivity contribution in [3.8, 4) is 11.7 Å². The molecule has 0 saturated heterocycles. The summed E-state index contributed by atoms with van der Waals surface area (Å²) in [6.45, 7) is -0.431. The van der Waals surface area contributed by atoms with E-state index in [4.69, 9.17) is 10.00 Å². The van der Waals surface area contributed by atoms with Gasteiger partial charge in [-0.2, -0.15) is 5.10 Å². The van der Waals surface area contributed by atoms with Crippen molar-refractivity contribution < 1.29 is 4.74 Å². The Balaban J connectivity index is 1.99. The number of hydrogen-bond acceptors (Lipinski definition) is 6. The summed E-state index contributed by atoms with van der Waals surface area (Å²) < 4.78 is 7.03. The molecule has 0 bridgehead atoms. The van der Waals surface area contributed by atoms with Gasteiger partial charge >= 0.3 is 6.85 Å². The van der Waals surface area contributed by atoms with Gasteiger partial charge in [-0.1, -0.05) is 5.98 Å². The third-order valence-electron chi connectivity index (χ3n) is 3.00. The molecule has 0 radical (unpaired) electrons. The molecular formula is C12H11BN6O. The van der Waals surface area contributed by atoms with Crippen molar-refractivity contribution in [3.05, 3.63) is 23.9 Å². The molecule has 0 spiro atoms. The molecular weight excluding hydrogens is 255 g/mol. The molecule has 3 heterocycles. The lowest BCUT2D eigenvalue weighted by atomic mass is 9.67. The number of pyridine rings is 1. The maximum absolute atomic E-state index is 8.80. The van der Waals surface area contributed by atoms with Crippen LogP contribution in [0.15, 0.2) is 28.8 Å². The molecule has 0 aliphatic carbocycles. The fourth-order valence-electron chi connectivity index (χ4n) is 2.03. The van der Waals surface area contributed by atoms with Gasteiger partial charge in [0.1, 0.15) is 11.6 Å². The van der Waals surface area contributed by atoms with E-state index in [0.29, 0.717) is 11.6 Å². The van der Waals surface area contributed by atoms with Crippen molar-refractivity contribution in [2.45, 2.75) is 0 Å². The van der Waals surface area contributed by atoms with Gasteiger partial charge in [-0.05, 0) is 0 Å². The molecule has 0 aromatic carbocycles. The summed E-state index contributed by atoms with van der Waals surface area (Å²) in [5.41, 5.74) is 1.46. The largest absolute Gasteiger partial charge is 0.496 e. The van der Waals surface area contributed by atoms with Gasteiger partial charge in [0, 0.05) is 31.0 Å². The average molecular weight is 266 g/mol. The molecule has 20 heavy (non-hydrogen) atoms. The van der Waals surface area contributed by atoms with Crippen LogP contribution in [0.5, 0.6) is 5.75 Å². The van der Waals surface area contributed by atoms with E-state index in [1.807, 2.05) is 7.05 Å². The highest BCUT2D eigenvalue weighted by Crippen LogP contribution is 2.27.